The maximum Gasteiger partial charge on any atom is 0.398 e. The zero-order chi connectivity index (χ0) is 19.5. The van der Waals surface area contributed by atoms with Gasteiger partial charge in [-0.15, -0.1) is 4.39 Å². The molecule has 4 N–H and O–H groups in total. The molecule has 0 aliphatic heterocycles. The van der Waals surface area contributed by atoms with Crippen molar-refractivity contribution in [2.45, 2.75) is 25.4 Å². The molecule has 10 heteroatoms. The molecule has 0 spiro atoms. The Kier molecular flexibility index (Phi) is 9.75. The summed E-state index contributed by atoms with van der Waals surface area (Å²) in [6, 6.07) is 7.08. The fourth-order valence-corrected chi connectivity index (χ4v) is 2.72. The number of rotatable bonds is 10. The zero-order valence-corrected chi connectivity index (χ0v) is 15.5. The fourth-order valence-electron chi connectivity index (χ4n) is 1.93. The van der Waals surface area contributed by atoms with Crippen LogP contribution in [0.15, 0.2) is 24.3 Å². The molecule has 3 amide bonds. The van der Waals surface area contributed by atoms with Gasteiger partial charge in [0.1, 0.15) is 5.25 Å². The minimum atomic E-state index is -1.65. The lowest BCUT2D eigenvalue weighted by molar-refractivity contribution is -0.124. The van der Waals surface area contributed by atoms with Gasteiger partial charge in [0, 0.05) is 5.69 Å². The van der Waals surface area contributed by atoms with Crippen molar-refractivity contribution in [1.29, 1.82) is 0 Å². The molecule has 1 rings (SSSR count). The zero-order valence-electron chi connectivity index (χ0n) is 14.7. The number of amides is 3. The van der Waals surface area contributed by atoms with Crippen molar-refractivity contribution >= 4 is 43.5 Å². The van der Waals surface area contributed by atoms with Gasteiger partial charge in [-0.2, -0.15) is 0 Å². The van der Waals surface area contributed by atoms with E-state index in [2.05, 4.69) is 15.4 Å². The van der Waals surface area contributed by atoms with Crippen LogP contribution < -0.4 is 20.7 Å². The largest absolute Gasteiger partial charge is 0.398 e. The first-order valence-electron chi connectivity index (χ1n) is 8.02. The maximum absolute atomic E-state index is 12.2. The van der Waals surface area contributed by atoms with E-state index in [4.69, 9.17) is 7.85 Å². The number of nitrogens with one attached hydrogen (secondary N) is 4. The molecule has 7 nitrogen and oxygen atoms in total. The Morgan fingerprint density at radius 1 is 1.15 bits per heavy atom. The minimum Gasteiger partial charge on any atom is -0.346 e. The molecule has 1 atom stereocenters. The predicted molar refractivity (Wildman–Crippen MR) is 101 cm³/mol. The predicted octanol–water partition coefficient (Wildman–Crippen LogP) is 1.31. The number of hydrogen-bond donors (Lipinski definition) is 4. The first kappa shape index (κ1) is 22.0. The molecule has 0 aromatic heterocycles. The second kappa shape index (κ2) is 11.5. The van der Waals surface area contributed by atoms with E-state index in [0.29, 0.717) is 12.0 Å². The molecule has 1 unspecified atom stereocenters. The van der Waals surface area contributed by atoms with E-state index in [0.717, 1.165) is 17.5 Å². The van der Waals surface area contributed by atoms with Crippen LogP contribution in [0.3, 0.4) is 0 Å². The fraction of sp³-hybridized carbons (Fsp3) is 0.438. The Balaban J connectivity index is 2.42. The van der Waals surface area contributed by atoms with E-state index >= 15 is 0 Å². The highest BCUT2D eigenvalue weighted by Crippen LogP contribution is 2.16. The Morgan fingerprint density at radius 2 is 1.81 bits per heavy atom. The van der Waals surface area contributed by atoms with Crippen molar-refractivity contribution in [1.82, 2.24) is 15.4 Å². The van der Waals surface area contributed by atoms with Gasteiger partial charge in [0.05, 0.1) is 21.1 Å². The Labute approximate surface area is 157 Å². The van der Waals surface area contributed by atoms with Gasteiger partial charge in [-0.25, -0.2) is 9.52 Å². The Morgan fingerprint density at radius 3 is 2.35 bits per heavy atom. The highest BCUT2D eigenvalue weighted by Gasteiger charge is 2.23. The summed E-state index contributed by atoms with van der Waals surface area (Å²) < 4.78 is 14.7. The monoisotopic (exact) mass is 380 g/mol. The van der Waals surface area contributed by atoms with E-state index in [1.54, 1.807) is 12.1 Å². The number of hydrogen-bond acceptors (Lipinski definition) is 5. The van der Waals surface area contributed by atoms with Crippen molar-refractivity contribution in [3.63, 3.8) is 0 Å². The van der Waals surface area contributed by atoms with E-state index < -0.39 is 11.4 Å². The molecular weight excluding hydrogens is 358 g/mol. The molecule has 0 saturated heterocycles. The SMILES string of the molecule is [B]Cc1ccc(NC(=O)CNC(=O)C(SNCNC(=O)F)C(C)C)cc1. The Bertz CT molecular complexity index is 616. The third-order valence-electron chi connectivity index (χ3n) is 3.27. The molecule has 0 bridgehead atoms. The van der Waals surface area contributed by atoms with Gasteiger partial charge in [0.25, 0.3) is 0 Å². The van der Waals surface area contributed by atoms with Crippen LogP contribution in [-0.4, -0.2) is 44.3 Å². The van der Waals surface area contributed by atoms with E-state index in [9.17, 15) is 18.8 Å². The van der Waals surface area contributed by atoms with Crippen molar-refractivity contribution in [3.05, 3.63) is 29.8 Å². The summed E-state index contributed by atoms with van der Waals surface area (Å²) in [6.45, 7) is 3.38. The first-order chi connectivity index (χ1) is 12.3. The van der Waals surface area contributed by atoms with Crippen LogP contribution in [0.2, 0.25) is 0 Å². The number of halogens is 1. The summed E-state index contributed by atoms with van der Waals surface area (Å²) in [5.74, 6) is -0.734. The van der Waals surface area contributed by atoms with Crippen molar-refractivity contribution in [2.75, 3.05) is 18.5 Å². The molecule has 0 fully saturated rings. The van der Waals surface area contributed by atoms with Crippen LogP contribution in [0, 0.1) is 5.92 Å². The number of anilines is 1. The van der Waals surface area contributed by atoms with Gasteiger partial charge < -0.3 is 16.0 Å². The third kappa shape index (κ3) is 8.35. The molecular formula is C16H22BFN4O3S. The molecule has 1 aromatic carbocycles. The van der Waals surface area contributed by atoms with Crippen LogP contribution in [0.4, 0.5) is 14.9 Å². The van der Waals surface area contributed by atoms with E-state index in [-0.39, 0.29) is 30.9 Å². The second-order valence-corrected chi connectivity index (χ2v) is 6.75. The highest BCUT2D eigenvalue weighted by atomic mass is 32.2. The molecule has 0 saturated carbocycles. The lowest BCUT2D eigenvalue weighted by Crippen LogP contribution is -2.42. The standard InChI is InChI=1S/C16H22BFN4O3S/c1-10(2)14(26-21-9-20-16(18)25)15(24)19-8-13(23)22-12-5-3-11(7-17)4-6-12/h3-6,10,14,21H,7-9H2,1-2H3,(H,19,24)(H,20,25)(H,22,23). The first-order valence-corrected chi connectivity index (χ1v) is 8.89. The topological polar surface area (TPSA) is 99.3 Å². The smallest absolute Gasteiger partial charge is 0.346 e. The van der Waals surface area contributed by atoms with Crippen LogP contribution in [0.5, 0.6) is 0 Å². The number of benzene rings is 1. The molecule has 0 heterocycles. The summed E-state index contributed by atoms with van der Waals surface area (Å²) in [5, 5.41) is 6.65. The molecule has 1 aromatic rings. The average Bonchev–Trinajstić information content (AvgIpc) is 2.59. The summed E-state index contributed by atoms with van der Waals surface area (Å²) >= 11 is 1.05. The van der Waals surface area contributed by atoms with Gasteiger partial charge in [-0.05, 0) is 18.1 Å². The van der Waals surface area contributed by atoms with Gasteiger partial charge in [0.15, 0.2) is 0 Å². The number of carbonyl (C=O) groups excluding carboxylic acids is 3. The molecule has 2 radical (unpaired) electrons. The van der Waals surface area contributed by atoms with Crippen LogP contribution in [-0.2, 0) is 15.9 Å². The average molecular weight is 380 g/mol. The maximum atomic E-state index is 12.2. The highest BCUT2D eigenvalue weighted by molar-refractivity contribution is 7.98. The molecule has 26 heavy (non-hydrogen) atoms. The van der Waals surface area contributed by atoms with Crippen LogP contribution in [0.25, 0.3) is 0 Å². The van der Waals surface area contributed by atoms with Gasteiger partial charge in [-0.1, -0.05) is 49.8 Å². The number of carbonyl (C=O) groups is 3. The normalized spacial score (nSPS) is 11.7. The van der Waals surface area contributed by atoms with Crippen molar-refractivity contribution in [3.8, 4) is 0 Å². The summed E-state index contributed by atoms with van der Waals surface area (Å²) in [5.41, 5.74) is 1.56. The summed E-state index contributed by atoms with van der Waals surface area (Å²) in [7, 11) is 5.51. The second-order valence-electron chi connectivity index (χ2n) is 5.72. The van der Waals surface area contributed by atoms with Crippen LogP contribution >= 0.6 is 11.9 Å². The summed E-state index contributed by atoms with van der Waals surface area (Å²) in [6.07, 6.45) is -1.23. The van der Waals surface area contributed by atoms with Gasteiger partial charge in [-0.3, -0.25) is 9.59 Å². The Hall–Kier alpha value is -2.07. The van der Waals surface area contributed by atoms with Gasteiger partial charge >= 0.3 is 6.16 Å². The summed E-state index contributed by atoms with van der Waals surface area (Å²) in [4.78, 5) is 34.3. The lowest BCUT2D eigenvalue weighted by Gasteiger charge is -2.19. The van der Waals surface area contributed by atoms with Crippen molar-refractivity contribution < 1.29 is 18.8 Å². The van der Waals surface area contributed by atoms with Gasteiger partial charge in [0.2, 0.25) is 11.8 Å². The van der Waals surface area contributed by atoms with Crippen molar-refractivity contribution in [2.24, 2.45) is 5.92 Å². The van der Waals surface area contributed by atoms with E-state index in [1.807, 2.05) is 31.3 Å². The quantitative estimate of drug-likeness (QED) is 0.123. The minimum absolute atomic E-state index is 0.0413. The molecule has 140 valence electrons. The molecule has 0 aliphatic rings. The lowest BCUT2D eigenvalue weighted by atomic mass is 9.97. The van der Waals surface area contributed by atoms with Crippen LogP contribution in [0.1, 0.15) is 19.4 Å². The molecule has 0 aliphatic carbocycles. The van der Waals surface area contributed by atoms with E-state index in [1.165, 1.54) is 0 Å². The third-order valence-corrected chi connectivity index (χ3v) is 4.59.